The molecule has 13 heavy (non-hydrogen) atoms. The highest BCUT2D eigenvalue weighted by atomic mass is 16.3. The maximum absolute atomic E-state index is 10.1. The van der Waals surface area contributed by atoms with Crippen molar-refractivity contribution in [3.8, 4) is 0 Å². The van der Waals surface area contributed by atoms with E-state index in [1.54, 1.807) is 0 Å². The van der Waals surface area contributed by atoms with Crippen LogP contribution in [0.25, 0.3) is 0 Å². The van der Waals surface area contributed by atoms with Crippen LogP contribution in [0.4, 0.5) is 0 Å². The fraction of sp³-hybridized carbons (Fsp3) is 1.00. The first-order valence-corrected chi connectivity index (χ1v) is 5.40. The Morgan fingerprint density at radius 1 is 1.31 bits per heavy atom. The van der Waals surface area contributed by atoms with Gasteiger partial charge in [0.15, 0.2) is 0 Å². The maximum atomic E-state index is 10.1. The zero-order chi connectivity index (χ0) is 9.69. The Kier molecular flexibility index (Phi) is 1.97. The van der Waals surface area contributed by atoms with Gasteiger partial charge in [-0.3, -0.25) is 0 Å². The first-order valence-electron chi connectivity index (χ1n) is 5.40. The zero-order valence-corrected chi connectivity index (χ0v) is 8.93. The van der Waals surface area contributed by atoms with E-state index in [0.717, 1.165) is 6.42 Å². The van der Waals surface area contributed by atoms with Gasteiger partial charge in [-0.15, -0.1) is 0 Å². The molecule has 2 aliphatic heterocycles. The van der Waals surface area contributed by atoms with Crippen LogP contribution in [-0.2, 0) is 0 Å². The second kappa shape index (κ2) is 2.71. The van der Waals surface area contributed by atoms with E-state index in [4.69, 9.17) is 0 Å². The molecule has 2 bridgehead atoms. The molecule has 2 rings (SSSR count). The van der Waals surface area contributed by atoms with E-state index in [1.807, 2.05) is 0 Å². The maximum Gasteiger partial charge on any atom is 0.0623 e. The van der Waals surface area contributed by atoms with Crippen molar-refractivity contribution < 1.29 is 5.11 Å². The number of piperidine rings is 2. The molecule has 2 saturated heterocycles. The standard InChI is InChI=1S/C11H21NO/c1-10(2)8-5-4-6-11(3,12-8)7-9(10)13/h8-9,12-13H,4-7H2,1-3H3. The van der Waals surface area contributed by atoms with Crippen molar-refractivity contribution in [2.24, 2.45) is 5.41 Å². The summed E-state index contributed by atoms with van der Waals surface area (Å²) in [4.78, 5) is 0. The normalized spacial score (nSPS) is 48.9. The lowest BCUT2D eigenvalue weighted by molar-refractivity contribution is -0.0655. The number of fused-ring (bicyclic) bond motifs is 2. The average Bonchev–Trinajstić information content (AvgIpc) is 2.01. The van der Waals surface area contributed by atoms with Gasteiger partial charge < -0.3 is 10.4 Å². The minimum absolute atomic E-state index is 0.0555. The van der Waals surface area contributed by atoms with E-state index in [1.165, 1.54) is 19.3 Å². The third kappa shape index (κ3) is 1.40. The SMILES string of the molecule is CC12CCCC(N1)C(C)(C)C(O)C2. The van der Waals surface area contributed by atoms with Crippen LogP contribution in [0.5, 0.6) is 0 Å². The van der Waals surface area contributed by atoms with Crippen molar-refractivity contribution in [1.29, 1.82) is 0 Å². The van der Waals surface area contributed by atoms with Crippen LogP contribution in [-0.4, -0.2) is 22.8 Å². The van der Waals surface area contributed by atoms with E-state index in [-0.39, 0.29) is 17.1 Å². The Hall–Kier alpha value is -0.0800. The fourth-order valence-corrected chi connectivity index (χ4v) is 2.90. The fourth-order valence-electron chi connectivity index (χ4n) is 2.90. The van der Waals surface area contributed by atoms with Crippen LogP contribution in [0.15, 0.2) is 0 Å². The Morgan fingerprint density at radius 3 is 2.69 bits per heavy atom. The third-order valence-electron chi connectivity index (χ3n) is 4.14. The van der Waals surface area contributed by atoms with Gasteiger partial charge in [0.1, 0.15) is 0 Å². The minimum Gasteiger partial charge on any atom is -0.392 e. The lowest BCUT2D eigenvalue weighted by atomic mass is 9.64. The van der Waals surface area contributed by atoms with Gasteiger partial charge in [-0.2, -0.15) is 0 Å². The van der Waals surface area contributed by atoms with E-state index < -0.39 is 0 Å². The summed E-state index contributed by atoms with van der Waals surface area (Å²) in [5.74, 6) is 0. The van der Waals surface area contributed by atoms with Gasteiger partial charge in [-0.05, 0) is 26.2 Å². The highest BCUT2D eigenvalue weighted by Gasteiger charge is 2.48. The van der Waals surface area contributed by atoms with Crippen LogP contribution in [0.2, 0.25) is 0 Å². The number of rotatable bonds is 0. The summed E-state index contributed by atoms with van der Waals surface area (Å²) in [5, 5.41) is 13.8. The topological polar surface area (TPSA) is 32.3 Å². The van der Waals surface area contributed by atoms with Crippen LogP contribution < -0.4 is 5.32 Å². The lowest BCUT2D eigenvalue weighted by Crippen LogP contribution is -2.65. The summed E-state index contributed by atoms with van der Waals surface area (Å²) < 4.78 is 0. The van der Waals surface area contributed by atoms with Gasteiger partial charge in [-0.25, -0.2) is 0 Å². The quantitative estimate of drug-likeness (QED) is 0.599. The second-order valence-electron chi connectivity index (χ2n) is 5.69. The molecule has 76 valence electrons. The molecule has 0 aromatic heterocycles. The Morgan fingerprint density at radius 2 is 2.00 bits per heavy atom. The summed E-state index contributed by atoms with van der Waals surface area (Å²) in [7, 11) is 0. The molecule has 2 nitrogen and oxygen atoms in total. The van der Waals surface area contributed by atoms with Crippen molar-refractivity contribution in [3.63, 3.8) is 0 Å². The van der Waals surface area contributed by atoms with Gasteiger partial charge in [-0.1, -0.05) is 20.3 Å². The molecule has 0 aromatic rings. The van der Waals surface area contributed by atoms with Crippen molar-refractivity contribution in [3.05, 3.63) is 0 Å². The van der Waals surface area contributed by atoms with E-state index in [9.17, 15) is 5.11 Å². The average molecular weight is 183 g/mol. The summed E-state index contributed by atoms with van der Waals surface area (Å²) in [5.41, 5.74) is 0.262. The first-order chi connectivity index (χ1) is 5.94. The molecular formula is C11H21NO. The molecule has 0 spiro atoms. The molecule has 2 aliphatic rings. The van der Waals surface area contributed by atoms with Crippen molar-refractivity contribution in [2.45, 2.75) is 64.1 Å². The third-order valence-corrected chi connectivity index (χ3v) is 4.14. The molecule has 3 atom stereocenters. The number of aliphatic hydroxyl groups is 1. The van der Waals surface area contributed by atoms with Crippen molar-refractivity contribution >= 4 is 0 Å². The highest BCUT2D eigenvalue weighted by Crippen LogP contribution is 2.43. The summed E-state index contributed by atoms with van der Waals surface area (Å²) in [6.07, 6.45) is 4.53. The monoisotopic (exact) mass is 183 g/mol. The summed E-state index contributed by atoms with van der Waals surface area (Å²) >= 11 is 0. The first kappa shape index (κ1) is 9.47. The van der Waals surface area contributed by atoms with Crippen molar-refractivity contribution in [2.75, 3.05) is 0 Å². The van der Waals surface area contributed by atoms with E-state index in [2.05, 4.69) is 26.1 Å². The molecule has 0 radical (unpaired) electrons. The molecule has 2 heterocycles. The van der Waals surface area contributed by atoms with Gasteiger partial charge in [0, 0.05) is 17.0 Å². The number of aliphatic hydroxyl groups excluding tert-OH is 1. The predicted molar refractivity (Wildman–Crippen MR) is 53.6 cm³/mol. The Bertz CT molecular complexity index is 210. The molecule has 2 N–H and O–H groups in total. The van der Waals surface area contributed by atoms with Crippen LogP contribution in [0.3, 0.4) is 0 Å². The molecule has 2 heteroatoms. The van der Waals surface area contributed by atoms with Crippen molar-refractivity contribution in [1.82, 2.24) is 5.32 Å². The van der Waals surface area contributed by atoms with Gasteiger partial charge >= 0.3 is 0 Å². The van der Waals surface area contributed by atoms with Gasteiger partial charge in [0.05, 0.1) is 6.10 Å². The van der Waals surface area contributed by atoms with Gasteiger partial charge in [0.25, 0.3) is 0 Å². The van der Waals surface area contributed by atoms with Crippen LogP contribution >= 0.6 is 0 Å². The zero-order valence-electron chi connectivity index (χ0n) is 8.93. The number of nitrogens with one attached hydrogen (secondary N) is 1. The minimum atomic E-state index is -0.135. The van der Waals surface area contributed by atoms with E-state index >= 15 is 0 Å². The Balaban J connectivity index is 2.23. The molecule has 0 aliphatic carbocycles. The molecule has 3 unspecified atom stereocenters. The van der Waals surface area contributed by atoms with Crippen LogP contribution in [0.1, 0.15) is 46.5 Å². The molecule has 0 aromatic carbocycles. The Labute approximate surface area is 80.7 Å². The van der Waals surface area contributed by atoms with Crippen LogP contribution in [0, 0.1) is 5.41 Å². The smallest absolute Gasteiger partial charge is 0.0623 e. The van der Waals surface area contributed by atoms with Gasteiger partial charge in [0.2, 0.25) is 0 Å². The number of hydrogen-bond acceptors (Lipinski definition) is 2. The lowest BCUT2D eigenvalue weighted by Gasteiger charge is -2.54. The highest BCUT2D eigenvalue weighted by molar-refractivity contribution is 5.06. The summed E-state index contributed by atoms with van der Waals surface area (Å²) in [6, 6.07) is 0.509. The molecule has 0 amide bonds. The predicted octanol–water partition coefficient (Wildman–Crippen LogP) is 1.68. The second-order valence-corrected chi connectivity index (χ2v) is 5.69. The number of hydrogen-bond donors (Lipinski definition) is 2. The molecular weight excluding hydrogens is 162 g/mol. The van der Waals surface area contributed by atoms with E-state index in [0.29, 0.717) is 6.04 Å². The summed E-state index contributed by atoms with van der Waals surface area (Å²) in [6.45, 7) is 6.61. The largest absolute Gasteiger partial charge is 0.392 e. The molecule has 0 saturated carbocycles. The molecule has 2 fully saturated rings.